The van der Waals surface area contributed by atoms with E-state index in [1.54, 1.807) is 32.3 Å². The van der Waals surface area contributed by atoms with Gasteiger partial charge in [-0.05, 0) is 42.0 Å². The molecule has 7 heteroatoms. The maximum absolute atomic E-state index is 13.7. The van der Waals surface area contributed by atoms with E-state index in [2.05, 4.69) is 0 Å². The highest BCUT2D eigenvalue weighted by Crippen LogP contribution is 2.27. The summed E-state index contributed by atoms with van der Waals surface area (Å²) in [6, 6.07) is 20.4. The van der Waals surface area contributed by atoms with Gasteiger partial charge in [-0.3, -0.25) is 9.10 Å². The quantitative estimate of drug-likeness (QED) is 0.617. The summed E-state index contributed by atoms with van der Waals surface area (Å²) >= 11 is 0. The molecular formula is C22H21FN2O3S. The van der Waals surface area contributed by atoms with E-state index in [1.165, 1.54) is 33.5 Å². The number of carbonyl (C=O) groups is 1. The Kier molecular flexibility index (Phi) is 5.98. The van der Waals surface area contributed by atoms with Crippen molar-refractivity contribution in [3.8, 4) is 0 Å². The lowest BCUT2D eigenvalue weighted by molar-refractivity contribution is 0.0827. The Balaban J connectivity index is 2.11. The number of amides is 1. The van der Waals surface area contributed by atoms with Crippen LogP contribution in [-0.2, 0) is 16.6 Å². The number of nitrogens with zero attached hydrogens (tertiary/aromatic N) is 2. The molecule has 0 aliphatic carbocycles. The summed E-state index contributed by atoms with van der Waals surface area (Å²) in [5.41, 5.74) is 1.45. The fourth-order valence-corrected chi connectivity index (χ4v) is 4.35. The summed E-state index contributed by atoms with van der Waals surface area (Å²) in [4.78, 5) is 13.6. The molecule has 1 amide bonds. The Morgan fingerprint density at radius 3 is 2.24 bits per heavy atom. The lowest BCUT2D eigenvalue weighted by Crippen LogP contribution is -2.31. The first-order chi connectivity index (χ1) is 13.8. The summed E-state index contributed by atoms with van der Waals surface area (Å²) in [6.07, 6.45) is 0. The summed E-state index contributed by atoms with van der Waals surface area (Å²) in [7, 11) is -0.819. The lowest BCUT2D eigenvalue weighted by Gasteiger charge is -2.25. The predicted molar refractivity (Wildman–Crippen MR) is 111 cm³/mol. The van der Waals surface area contributed by atoms with Gasteiger partial charge in [-0.25, -0.2) is 12.8 Å². The maximum Gasteiger partial charge on any atom is 0.264 e. The van der Waals surface area contributed by atoms with Gasteiger partial charge < -0.3 is 4.90 Å². The topological polar surface area (TPSA) is 57.7 Å². The van der Waals surface area contributed by atoms with Crippen LogP contribution >= 0.6 is 0 Å². The zero-order valence-electron chi connectivity index (χ0n) is 16.1. The molecule has 0 heterocycles. The van der Waals surface area contributed by atoms with Gasteiger partial charge in [-0.1, -0.05) is 42.5 Å². The van der Waals surface area contributed by atoms with Crippen LogP contribution in [0.25, 0.3) is 0 Å². The number of benzene rings is 3. The first-order valence-electron chi connectivity index (χ1n) is 8.93. The normalized spacial score (nSPS) is 11.1. The molecule has 0 fully saturated rings. The summed E-state index contributed by atoms with van der Waals surface area (Å²) in [5, 5.41) is 0. The highest BCUT2D eigenvalue weighted by Gasteiger charge is 2.26. The summed E-state index contributed by atoms with van der Waals surface area (Å²) in [6.45, 7) is 0.0410. The van der Waals surface area contributed by atoms with Gasteiger partial charge in [-0.2, -0.15) is 0 Å². The van der Waals surface area contributed by atoms with Crippen molar-refractivity contribution in [1.29, 1.82) is 0 Å². The Labute approximate surface area is 170 Å². The molecule has 0 bridgehead atoms. The zero-order valence-corrected chi connectivity index (χ0v) is 16.9. The molecule has 0 saturated carbocycles. The third-order valence-corrected chi connectivity index (χ3v) is 6.11. The van der Waals surface area contributed by atoms with Gasteiger partial charge >= 0.3 is 0 Å². The fourth-order valence-electron chi connectivity index (χ4n) is 2.87. The van der Waals surface area contributed by atoms with Crippen molar-refractivity contribution in [1.82, 2.24) is 4.90 Å². The molecule has 0 aromatic heterocycles. The van der Waals surface area contributed by atoms with Crippen molar-refractivity contribution in [2.45, 2.75) is 11.4 Å². The van der Waals surface area contributed by atoms with Crippen LogP contribution in [0.3, 0.4) is 0 Å². The predicted octanol–water partition coefficient (Wildman–Crippen LogP) is 3.92. The van der Waals surface area contributed by atoms with E-state index in [9.17, 15) is 17.6 Å². The fraction of sp³-hybridized carbons (Fsp3) is 0.136. The molecule has 0 saturated heterocycles. The third kappa shape index (κ3) is 4.63. The largest absolute Gasteiger partial charge is 0.345 e. The Bertz CT molecular complexity index is 1120. The van der Waals surface area contributed by atoms with Gasteiger partial charge in [0.15, 0.2) is 0 Å². The molecule has 0 radical (unpaired) electrons. The van der Waals surface area contributed by atoms with Crippen molar-refractivity contribution in [2.75, 3.05) is 18.4 Å². The van der Waals surface area contributed by atoms with Crippen LogP contribution in [0.4, 0.5) is 10.1 Å². The van der Waals surface area contributed by atoms with Gasteiger partial charge in [0.25, 0.3) is 15.9 Å². The van der Waals surface area contributed by atoms with E-state index in [0.29, 0.717) is 11.3 Å². The second kappa shape index (κ2) is 8.45. The molecule has 5 nitrogen and oxygen atoms in total. The van der Waals surface area contributed by atoms with Crippen molar-refractivity contribution < 1.29 is 17.6 Å². The highest BCUT2D eigenvalue weighted by atomic mass is 32.2. The van der Waals surface area contributed by atoms with Crippen LogP contribution in [0.1, 0.15) is 15.9 Å². The molecule has 0 unspecified atom stereocenters. The first-order valence-corrected chi connectivity index (χ1v) is 10.4. The smallest absolute Gasteiger partial charge is 0.264 e. The minimum atomic E-state index is -4.07. The van der Waals surface area contributed by atoms with E-state index in [-0.39, 0.29) is 17.3 Å². The molecule has 0 atom stereocenters. The van der Waals surface area contributed by atoms with Crippen LogP contribution < -0.4 is 4.31 Å². The van der Waals surface area contributed by atoms with Crippen molar-refractivity contribution in [2.24, 2.45) is 0 Å². The van der Waals surface area contributed by atoms with E-state index >= 15 is 0 Å². The number of sulfonamides is 1. The van der Waals surface area contributed by atoms with Crippen LogP contribution in [0.15, 0.2) is 83.8 Å². The second-order valence-electron chi connectivity index (χ2n) is 6.70. The number of halogens is 1. The van der Waals surface area contributed by atoms with Gasteiger partial charge in [0.1, 0.15) is 5.82 Å². The van der Waals surface area contributed by atoms with Gasteiger partial charge in [0, 0.05) is 19.7 Å². The monoisotopic (exact) mass is 412 g/mol. The zero-order chi connectivity index (χ0) is 21.0. The minimum absolute atomic E-state index is 0.0410. The maximum atomic E-state index is 13.7. The third-order valence-electron chi connectivity index (χ3n) is 4.34. The van der Waals surface area contributed by atoms with Gasteiger partial charge in [-0.15, -0.1) is 0 Å². The molecular weight excluding hydrogens is 391 g/mol. The second-order valence-corrected chi connectivity index (χ2v) is 8.57. The average molecular weight is 412 g/mol. The van der Waals surface area contributed by atoms with Crippen molar-refractivity contribution >= 4 is 21.6 Å². The molecule has 29 heavy (non-hydrogen) atoms. The number of carbonyl (C=O) groups excluding carboxylic acids is 1. The Morgan fingerprint density at radius 2 is 1.59 bits per heavy atom. The van der Waals surface area contributed by atoms with E-state index < -0.39 is 15.8 Å². The van der Waals surface area contributed by atoms with Crippen molar-refractivity contribution in [3.05, 3.63) is 95.8 Å². The molecule has 150 valence electrons. The molecule has 0 spiro atoms. The standard InChI is InChI=1S/C22H21FN2O3S/c1-24(2)22(26)18-10-6-12-20(14-18)25(16-17-8-4-3-5-9-17)29(27,28)21-13-7-11-19(23)15-21/h3-15H,16H2,1-2H3. The molecule has 0 N–H and O–H groups in total. The minimum Gasteiger partial charge on any atom is -0.345 e. The van der Waals surface area contributed by atoms with E-state index in [1.807, 2.05) is 30.3 Å². The van der Waals surface area contributed by atoms with Crippen LogP contribution in [0, 0.1) is 5.82 Å². The average Bonchev–Trinajstić information content (AvgIpc) is 2.72. The number of anilines is 1. The van der Waals surface area contributed by atoms with Crippen LogP contribution in [-0.4, -0.2) is 33.3 Å². The lowest BCUT2D eigenvalue weighted by atomic mass is 10.1. The molecule has 3 aromatic rings. The van der Waals surface area contributed by atoms with Gasteiger partial charge in [0.05, 0.1) is 17.1 Å². The molecule has 3 aromatic carbocycles. The van der Waals surface area contributed by atoms with E-state index in [0.717, 1.165) is 11.6 Å². The summed E-state index contributed by atoms with van der Waals surface area (Å²) in [5.74, 6) is -0.878. The van der Waals surface area contributed by atoms with Crippen LogP contribution in [0.5, 0.6) is 0 Å². The molecule has 3 rings (SSSR count). The number of rotatable bonds is 6. The molecule has 0 aliphatic rings. The van der Waals surface area contributed by atoms with Gasteiger partial charge in [0.2, 0.25) is 0 Å². The van der Waals surface area contributed by atoms with Crippen molar-refractivity contribution in [3.63, 3.8) is 0 Å². The van der Waals surface area contributed by atoms with Crippen LogP contribution in [0.2, 0.25) is 0 Å². The highest BCUT2D eigenvalue weighted by molar-refractivity contribution is 7.92. The molecule has 0 aliphatic heterocycles. The SMILES string of the molecule is CN(C)C(=O)c1cccc(N(Cc2ccccc2)S(=O)(=O)c2cccc(F)c2)c1. The Morgan fingerprint density at radius 1 is 0.897 bits per heavy atom. The Hall–Kier alpha value is -3.19. The summed E-state index contributed by atoms with van der Waals surface area (Å²) < 4.78 is 41.6. The number of hydrogen-bond donors (Lipinski definition) is 0. The first kappa shape index (κ1) is 20.5. The number of hydrogen-bond acceptors (Lipinski definition) is 3. The van der Waals surface area contributed by atoms with E-state index in [4.69, 9.17) is 0 Å².